The Bertz CT molecular complexity index is 383. The number of nitrogens with zero attached hydrogens (tertiary/aromatic N) is 1. The second kappa shape index (κ2) is 3.87. The molecule has 1 rings (SSSR count). The smallest absolute Gasteiger partial charge is 0.282 e. The van der Waals surface area contributed by atoms with Crippen molar-refractivity contribution in [2.75, 3.05) is 5.73 Å². The van der Waals surface area contributed by atoms with Crippen LogP contribution in [0.1, 0.15) is 22.6 Å². The molecule has 0 unspecified atom stereocenters. The summed E-state index contributed by atoms with van der Waals surface area (Å²) in [6, 6.07) is 1.20. The van der Waals surface area contributed by atoms with E-state index in [2.05, 4.69) is 20.9 Å². The zero-order valence-corrected chi connectivity index (χ0v) is 8.38. The number of carbonyl (C=O) groups is 1. The summed E-state index contributed by atoms with van der Waals surface area (Å²) in [6.45, 7) is 0. The summed E-state index contributed by atoms with van der Waals surface area (Å²) in [5, 5.41) is 0. The summed E-state index contributed by atoms with van der Waals surface area (Å²) in [5.74, 6) is -0.882. The minimum Gasteiger partial charge on any atom is -0.396 e. The Hall–Kier alpha value is -1.24. The Morgan fingerprint density at radius 3 is 2.57 bits per heavy atom. The van der Waals surface area contributed by atoms with Gasteiger partial charge in [-0.2, -0.15) is 0 Å². The number of hydrogen-bond donors (Lipinski definition) is 2. The van der Waals surface area contributed by atoms with Crippen LogP contribution in [0.25, 0.3) is 0 Å². The third-order valence-electron chi connectivity index (χ3n) is 1.50. The highest BCUT2D eigenvalue weighted by atomic mass is 79.9. The van der Waals surface area contributed by atoms with Crippen molar-refractivity contribution in [3.8, 4) is 0 Å². The van der Waals surface area contributed by atoms with Gasteiger partial charge in [0.25, 0.3) is 12.3 Å². The first-order valence-electron chi connectivity index (χ1n) is 3.47. The predicted octanol–water partition coefficient (Wildman–Crippen LogP) is 1.46. The largest absolute Gasteiger partial charge is 0.396 e. The van der Waals surface area contributed by atoms with Crippen LogP contribution in [0.15, 0.2) is 10.5 Å². The van der Waals surface area contributed by atoms with Gasteiger partial charge in [0.05, 0.1) is 5.69 Å². The number of amides is 1. The van der Waals surface area contributed by atoms with Gasteiger partial charge in [0.15, 0.2) is 0 Å². The number of rotatable bonds is 2. The SMILES string of the molecule is NC(=O)c1cc(Br)c(N)c(C(F)F)n1. The number of nitrogens with two attached hydrogens (primary N) is 2. The molecule has 4 nitrogen and oxygen atoms in total. The highest BCUT2D eigenvalue weighted by Gasteiger charge is 2.18. The Labute approximate surface area is 86.4 Å². The molecule has 0 aliphatic carbocycles. The molecule has 0 aromatic carbocycles. The molecule has 1 aromatic heterocycles. The number of nitrogen functional groups attached to an aromatic ring is 1. The van der Waals surface area contributed by atoms with E-state index >= 15 is 0 Å². The summed E-state index contributed by atoms with van der Waals surface area (Å²) >= 11 is 2.93. The topological polar surface area (TPSA) is 82.0 Å². The van der Waals surface area contributed by atoms with Gasteiger partial charge in [-0.3, -0.25) is 4.79 Å². The minimum atomic E-state index is -2.84. The third-order valence-corrected chi connectivity index (χ3v) is 2.15. The lowest BCUT2D eigenvalue weighted by Gasteiger charge is -2.07. The van der Waals surface area contributed by atoms with Gasteiger partial charge in [-0.05, 0) is 22.0 Å². The van der Waals surface area contributed by atoms with Crippen molar-refractivity contribution >= 4 is 27.5 Å². The summed E-state index contributed by atoms with van der Waals surface area (Å²) in [4.78, 5) is 14.0. The lowest BCUT2D eigenvalue weighted by Crippen LogP contribution is -2.15. The number of carbonyl (C=O) groups excluding carboxylic acids is 1. The fourth-order valence-electron chi connectivity index (χ4n) is 0.835. The fourth-order valence-corrected chi connectivity index (χ4v) is 1.25. The monoisotopic (exact) mass is 265 g/mol. The highest BCUT2D eigenvalue weighted by molar-refractivity contribution is 9.10. The van der Waals surface area contributed by atoms with Gasteiger partial charge in [0, 0.05) is 4.47 Å². The van der Waals surface area contributed by atoms with E-state index in [9.17, 15) is 13.6 Å². The molecule has 0 spiro atoms. The van der Waals surface area contributed by atoms with Crippen molar-refractivity contribution in [3.05, 3.63) is 21.9 Å². The van der Waals surface area contributed by atoms with Gasteiger partial charge in [-0.1, -0.05) is 0 Å². The zero-order valence-electron chi connectivity index (χ0n) is 6.80. The number of pyridine rings is 1. The quantitative estimate of drug-likeness (QED) is 0.850. The molecule has 0 aliphatic heterocycles. The molecule has 0 bridgehead atoms. The molecule has 0 atom stereocenters. The number of aromatic nitrogens is 1. The maximum atomic E-state index is 12.3. The highest BCUT2D eigenvalue weighted by Crippen LogP contribution is 2.29. The zero-order chi connectivity index (χ0) is 10.9. The van der Waals surface area contributed by atoms with E-state index < -0.39 is 18.0 Å². The van der Waals surface area contributed by atoms with Crippen molar-refractivity contribution in [3.63, 3.8) is 0 Å². The lowest BCUT2D eigenvalue weighted by atomic mass is 10.2. The molecule has 7 heteroatoms. The van der Waals surface area contributed by atoms with E-state index in [1.807, 2.05) is 0 Å². The summed E-state index contributed by atoms with van der Waals surface area (Å²) in [5.41, 5.74) is 9.12. The van der Waals surface area contributed by atoms with Gasteiger partial charge >= 0.3 is 0 Å². The first kappa shape index (κ1) is 10.8. The van der Waals surface area contributed by atoms with E-state index in [0.29, 0.717) is 0 Å². The average molecular weight is 266 g/mol. The van der Waals surface area contributed by atoms with Gasteiger partial charge < -0.3 is 11.5 Å². The van der Waals surface area contributed by atoms with E-state index in [4.69, 9.17) is 11.5 Å². The van der Waals surface area contributed by atoms with Crippen molar-refractivity contribution in [1.82, 2.24) is 4.98 Å². The van der Waals surface area contributed by atoms with Crippen molar-refractivity contribution in [2.24, 2.45) is 5.73 Å². The number of halogens is 3. The fraction of sp³-hybridized carbons (Fsp3) is 0.143. The van der Waals surface area contributed by atoms with E-state index in [0.717, 1.165) is 0 Å². The summed E-state index contributed by atoms with van der Waals surface area (Å²) in [6.07, 6.45) is -2.84. The number of primary amides is 1. The summed E-state index contributed by atoms with van der Waals surface area (Å²) in [7, 11) is 0. The van der Waals surface area contributed by atoms with Crippen LogP contribution >= 0.6 is 15.9 Å². The molecule has 4 N–H and O–H groups in total. The minimum absolute atomic E-state index is 0.177. The molecule has 14 heavy (non-hydrogen) atoms. The first-order chi connectivity index (χ1) is 6.43. The Morgan fingerprint density at radius 2 is 2.14 bits per heavy atom. The van der Waals surface area contributed by atoms with Gasteiger partial charge in [0.1, 0.15) is 11.4 Å². The molecule has 0 radical (unpaired) electrons. The van der Waals surface area contributed by atoms with Crippen LogP contribution in [0.2, 0.25) is 0 Å². The molecule has 1 heterocycles. The molecule has 0 fully saturated rings. The van der Waals surface area contributed by atoms with Crippen LogP contribution in [0.3, 0.4) is 0 Å². The van der Waals surface area contributed by atoms with Crippen LogP contribution in [0, 0.1) is 0 Å². The molecule has 0 aliphatic rings. The molecule has 76 valence electrons. The van der Waals surface area contributed by atoms with Crippen LogP contribution < -0.4 is 11.5 Å². The number of hydrogen-bond acceptors (Lipinski definition) is 3. The van der Waals surface area contributed by atoms with Crippen molar-refractivity contribution in [1.29, 1.82) is 0 Å². The second-order valence-electron chi connectivity index (χ2n) is 2.45. The van der Waals surface area contributed by atoms with Crippen LogP contribution in [0.4, 0.5) is 14.5 Å². The van der Waals surface area contributed by atoms with Crippen molar-refractivity contribution < 1.29 is 13.6 Å². The average Bonchev–Trinajstić information content (AvgIpc) is 2.08. The van der Waals surface area contributed by atoms with Crippen molar-refractivity contribution in [2.45, 2.75) is 6.43 Å². The molecule has 1 aromatic rings. The Morgan fingerprint density at radius 1 is 1.57 bits per heavy atom. The second-order valence-corrected chi connectivity index (χ2v) is 3.31. The predicted molar refractivity (Wildman–Crippen MR) is 49.8 cm³/mol. The molecular weight excluding hydrogens is 260 g/mol. The van der Waals surface area contributed by atoms with Crippen LogP contribution in [-0.4, -0.2) is 10.9 Å². The molecule has 0 saturated heterocycles. The maximum absolute atomic E-state index is 12.3. The number of anilines is 1. The Balaban J connectivity index is 3.35. The van der Waals surface area contributed by atoms with Gasteiger partial charge in [-0.15, -0.1) is 0 Å². The maximum Gasteiger partial charge on any atom is 0.282 e. The standard InChI is InChI=1S/C7H6BrF2N3O/c8-2-1-3(7(12)14)13-5(4(2)11)6(9)10/h1,6H,11H2,(H2,12,14). The normalized spacial score (nSPS) is 10.6. The molecule has 0 saturated carbocycles. The number of alkyl halides is 2. The molecule has 1 amide bonds. The third kappa shape index (κ3) is 1.98. The van der Waals surface area contributed by atoms with Crippen LogP contribution in [0.5, 0.6) is 0 Å². The molecular formula is C7H6BrF2N3O. The van der Waals surface area contributed by atoms with E-state index in [-0.39, 0.29) is 15.9 Å². The summed E-state index contributed by atoms with van der Waals surface area (Å²) < 4.78 is 24.8. The van der Waals surface area contributed by atoms with E-state index in [1.165, 1.54) is 6.07 Å². The lowest BCUT2D eigenvalue weighted by molar-refractivity contribution is 0.0993. The van der Waals surface area contributed by atoms with Crippen LogP contribution in [-0.2, 0) is 0 Å². The Kier molecular flexibility index (Phi) is 3.00. The van der Waals surface area contributed by atoms with E-state index in [1.54, 1.807) is 0 Å². The van der Waals surface area contributed by atoms with Gasteiger partial charge in [0.2, 0.25) is 0 Å². The first-order valence-corrected chi connectivity index (χ1v) is 4.26. The van der Waals surface area contributed by atoms with Gasteiger partial charge in [-0.25, -0.2) is 13.8 Å².